The lowest BCUT2D eigenvalue weighted by molar-refractivity contribution is 0.187. The first kappa shape index (κ1) is 14.9. The van der Waals surface area contributed by atoms with Gasteiger partial charge in [0.1, 0.15) is 0 Å². The van der Waals surface area contributed by atoms with Crippen LogP contribution in [0.4, 0.5) is 16.2 Å². The van der Waals surface area contributed by atoms with E-state index in [4.69, 9.17) is 0 Å². The lowest BCUT2D eigenvalue weighted by atomic mass is 10.2. The molecule has 0 unspecified atom stereocenters. The summed E-state index contributed by atoms with van der Waals surface area (Å²) in [6, 6.07) is 9.49. The Kier molecular flexibility index (Phi) is 5.20. The normalized spacial score (nSPS) is 10.2. The summed E-state index contributed by atoms with van der Waals surface area (Å²) in [5.74, 6) is 0. The van der Waals surface area contributed by atoms with E-state index >= 15 is 0 Å². The number of carbonyl (C=O) groups is 1. The van der Waals surface area contributed by atoms with Gasteiger partial charge in [-0.1, -0.05) is 13.0 Å². The molecule has 112 valence electrons. The molecule has 2 aromatic rings. The molecule has 1 heterocycles. The third-order valence-electron chi connectivity index (χ3n) is 3.01. The quantitative estimate of drug-likeness (QED) is 0.857. The predicted octanol–water partition coefficient (Wildman–Crippen LogP) is 3.08. The second-order valence-electron chi connectivity index (χ2n) is 4.60. The third-order valence-corrected chi connectivity index (χ3v) is 3.01. The van der Waals surface area contributed by atoms with Gasteiger partial charge in [0.2, 0.25) is 0 Å². The number of carbonyl (C=O) groups excluding carboxylic acids is 1. The number of nitrogens with zero attached hydrogens (tertiary/aromatic N) is 2. The number of aromatic nitrogens is 2. The summed E-state index contributed by atoms with van der Waals surface area (Å²) < 4.78 is 6.56. The summed E-state index contributed by atoms with van der Waals surface area (Å²) in [4.78, 5) is 11.2. The molecule has 21 heavy (non-hydrogen) atoms. The van der Waals surface area contributed by atoms with Crippen molar-refractivity contribution in [3.05, 3.63) is 42.2 Å². The van der Waals surface area contributed by atoms with Crippen LogP contribution >= 0.6 is 0 Å². The second kappa shape index (κ2) is 7.33. The van der Waals surface area contributed by atoms with E-state index < -0.39 is 6.09 Å². The number of benzene rings is 1. The van der Waals surface area contributed by atoms with Gasteiger partial charge in [0.15, 0.2) is 0 Å². The van der Waals surface area contributed by atoms with Crippen molar-refractivity contribution >= 4 is 17.5 Å². The van der Waals surface area contributed by atoms with Crippen LogP contribution in [0, 0.1) is 0 Å². The summed E-state index contributed by atoms with van der Waals surface area (Å²) in [7, 11) is 1.34. The van der Waals surface area contributed by atoms with E-state index in [9.17, 15) is 4.79 Å². The third kappa shape index (κ3) is 4.24. The Labute approximate surface area is 124 Å². The molecular weight excluding hydrogens is 268 g/mol. The fourth-order valence-electron chi connectivity index (χ4n) is 1.99. The van der Waals surface area contributed by atoms with Gasteiger partial charge in [-0.2, -0.15) is 5.10 Å². The van der Waals surface area contributed by atoms with E-state index in [2.05, 4.69) is 27.4 Å². The van der Waals surface area contributed by atoms with Crippen LogP contribution in [0.25, 0.3) is 0 Å². The molecule has 0 fully saturated rings. The number of aryl methyl sites for hydroxylation is 1. The van der Waals surface area contributed by atoms with E-state index in [1.807, 2.05) is 41.2 Å². The highest BCUT2D eigenvalue weighted by molar-refractivity contribution is 5.85. The van der Waals surface area contributed by atoms with E-state index in [0.717, 1.165) is 24.3 Å². The smallest absolute Gasteiger partial charge is 0.411 e. The molecule has 0 aliphatic carbocycles. The Hall–Kier alpha value is -2.50. The first-order valence-electron chi connectivity index (χ1n) is 6.92. The molecule has 1 aromatic carbocycles. The van der Waals surface area contributed by atoms with Crippen LogP contribution in [0.1, 0.15) is 19.0 Å². The Morgan fingerprint density at radius 3 is 2.90 bits per heavy atom. The van der Waals surface area contributed by atoms with E-state index in [-0.39, 0.29) is 0 Å². The van der Waals surface area contributed by atoms with Crippen LogP contribution in [0.3, 0.4) is 0 Å². The van der Waals surface area contributed by atoms with Crippen molar-refractivity contribution in [3.8, 4) is 0 Å². The second-order valence-corrected chi connectivity index (χ2v) is 4.60. The fourth-order valence-corrected chi connectivity index (χ4v) is 1.99. The highest BCUT2D eigenvalue weighted by Gasteiger charge is 2.03. The first-order valence-corrected chi connectivity index (χ1v) is 6.92. The summed E-state index contributed by atoms with van der Waals surface area (Å²) >= 11 is 0. The van der Waals surface area contributed by atoms with Crippen molar-refractivity contribution in [2.45, 2.75) is 26.4 Å². The monoisotopic (exact) mass is 288 g/mol. The number of nitrogens with one attached hydrogen (secondary N) is 2. The average molecular weight is 288 g/mol. The molecule has 0 aliphatic rings. The van der Waals surface area contributed by atoms with Gasteiger partial charge in [-0.05, 0) is 30.7 Å². The van der Waals surface area contributed by atoms with Crippen LogP contribution in [0.15, 0.2) is 36.5 Å². The molecule has 6 nitrogen and oxygen atoms in total. The van der Waals surface area contributed by atoms with Crippen LogP contribution in [0.5, 0.6) is 0 Å². The molecular formula is C15H20N4O2. The standard InChI is InChI=1S/C15H20N4O2/c1-3-9-19-14(7-8-17-19)11-16-12-5-4-6-13(10-12)18-15(20)21-2/h4-8,10,16H,3,9,11H2,1-2H3,(H,18,20). The van der Waals surface area contributed by atoms with Crippen molar-refractivity contribution in [1.29, 1.82) is 0 Å². The van der Waals surface area contributed by atoms with Crippen LogP contribution in [-0.2, 0) is 17.8 Å². The summed E-state index contributed by atoms with van der Waals surface area (Å²) in [6.07, 6.45) is 2.38. The van der Waals surface area contributed by atoms with Gasteiger partial charge in [0.25, 0.3) is 0 Å². The van der Waals surface area contributed by atoms with Crippen LogP contribution in [-0.4, -0.2) is 23.0 Å². The zero-order chi connectivity index (χ0) is 15.1. The van der Waals surface area contributed by atoms with Crippen molar-refractivity contribution in [1.82, 2.24) is 9.78 Å². The largest absolute Gasteiger partial charge is 0.453 e. The Bertz CT molecular complexity index is 595. The van der Waals surface area contributed by atoms with Crippen LogP contribution in [0.2, 0.25) is 0 Å². The Morgan fingerprint density at radius 1 is 1.33 bits per heavy atom. The molecule has 0 radical (unpaired) electrons. The van der Waals surface area contributed by atoms with Gasteiger partial charge in [-0.3, -0.25) is 10.00 Å². The number of rotatable bonds is 6. The summed E-state index contributed by atoms with van der Waals surface area (Å²) in [6.45, 7) is 3.72. The maximum absolute atomic E-state index is 11.2. The zero-order valence-electron chi connectivity index (χ0n) is 12.3. The lowest BCUT2D eigenvalue weighted by Crippen LogP contribution is -2.11. The average Bonchev–Trinajstić information content (AvgIpc) is 2.93. The summed E-state index contributed by atoms with van der Waals surface area (Å²) in [5.41, 5.74) is 2.74. The van der Waals surface area contributed by atoms with E-state index in [0.29, 0.717) is 12.2 Å². The molecule has 0 bridgehead atoms. The maximum atomic E-state index is 11.2. The summed E-state index contributed by atoms with van der Waals surface area (Å²) in [5, 5.41) is 10.3. The number of ether oxygens (including phenoxy) is 1. The molecule has 0 spiro atoms. The molecule has 2 rings (SSSR count). The Balaban J connectivity index is 1.98. The lowest BCUT2D eigenvalue weighted by Gasteiger charge is -2.10. The number of hydrogen-bond donors (Lipinski definition) is 2. The first-order chi connectivity index (χ1) is 10.2. The number of hydrogen-bond acceptors (Lipinski definition) is 4. The van der Waals surface area contributed by atoms with Gasteiger partial charge < -0.3 is 10.1 Å². The zero-order valence-corrected chi connectivity index (χ0v) is 12.3. The van der Waals surface area contributed by atoms with Gasteiger partial charge in [-0.15, -0.1) is 0 Å². The van der Waals surface area contributed by atoms with E-state index in [1.165, 1.54) is 7.11 Å². The number of amides is 1. The van der Waals surface area contributed by atoms with Crippen molar-refractivity contribution in [2.24, 2.45) is 0 Å². The van der Waals surface area contributed by atoms with Crippen molar-refractivity contribution in [2.75, 3.05) is 17.7 Å². The van der Waals surface area contributed by atoms with Crippen LogP contribution < -0.4 is 10.6 Å². The van der Waals surface area contributed by atoms with Gasteiger partial charge in [0, 0.05) is 24.1 Å². The minimum Gasteiger partial charge on any atom is -0.453 e. The molecule has 0 aliphatic heterocycles. The SMILES string of the molecule is CCCn1nccc1CNc1cccc(NC(=O)OC)c1. The fraction of sp³-hybridized carbons (Fsp3) is 0.333. The molecule has 0 atom stereocenters. The minimum absolute atomic E-state index is 0.479. The van der Waals surface area contributed by atoms with Crippen molar-refractivity contribution in [3.63, 3.8) is 0 Å². The Morgan fingerprint density at radius 2 is 2.14 bits per heavy atom. The van der Waals surface area contributed by atoms with Gasteiger partial charge in [0.05, 0.1) is 19.3 Å². The molecule has 6 heteroatoms. The van der Waals surface area contributed by atoms with E-state index in [1.54, 1.807) is 0 Å². The minimum atomic E-state index is -0.479. The number of methoxy groups -OCH3 is 1. The molecule has 1 amide bonds. The topological polar surface area (TPSA) is 68.2 Å². The predicted molar refractivity (Wildman–Crippen MR) is 82.3 cm³/mol. The molecule has 0 saturated heterocycles. The molecule has 0 saturated carbocycles. The van der Waals surface area contributed by atoms with Crippen molar-refractivity contribution < 1.29 is 9.53 Å². The highest BCUT2D eigenvalue weighted by Crippen LogP contribution is 2.16. The number of anilines is 2. The highest BCUT2D eigenvalue weighted by atomic mass is 16.5. The molecule has 2 N–H and O–H groups in total. The molecule has 1 aromatic heterocycles. The van der Waals surface area contributed by atoms with Gasteiger partial charge in [-0.25, -0.2) is 4.79 Å². The maximum Gasteiger partial charge on any atom is 0.411 e. The van der Waals surface area contributed by atoms with Gasteiger partial charge >= 0.3 is 6.09 Å².